The van der Waals surface area contributed by atoms with Gasteiger partial charge in [0.2, 0.25) is 0 Å². The maximum Gasteiger partial charge on any atom is 0.312 e. The van der Waals surface area contributed by atoms with E-state index in [-0.39, 0.29) is 57.7 Å². The van der Waals surface area contributed by atoms with Crippen molar-refractivity contribution in [2.75, 3.05) is 30.4 Å². The minimum absolute atomic E-state index is 0.0303. The van der Waals surface area contributed by atoms with Crippen LogP contribution in [0.1, 0.15) is 64.4 Å². The molecule has 9 atom stereocenters. The van der Waals surface area contributed by atoms with Crippen molar-refractivity contribution < 1.29 is 53.8 Å². The van der Waals surface area contributed by atoms with E-state index in [1.165, 1.54) is 46.3 Å². The van der Waals surface area contributed by atoms with E-state index in [0.29, 0.717) is 5.69 Å². The largest absolute Gasteiger partial charge is 0.507 e. The normalized spacial score (nSPS) is 30.7. The van der Waals surface area contributed by atoms with Gasteiger partial charge in [-0.1, -0.05) is 58.1 Å². The van der Waals surface area contributed by atoms with Crippen LogP contribution in [-0.4, -0.2) is 88.5 Å². The molecule has 0 aromatic heterocycles. The number of benzene rings is 2. The number of hydrogen-bond donors (Lipinski definition) is 5. The van der Waals surface area contributed by atoms with Crippen LogP contribution in [0.15, 0.2) is 67.5 Å². The lowest BCUT2D eigenvalue weighted by molar-refractivity contribution is -0.160. The van der Waals surface area contributed by atoms with E-state index in [4.69, 9.17) is 18.9 Å². The average Bonchev–Trinajstić information content (AvgIpc) is 3.42. The Balaban J connectivity index is 1.98. The lowest BCUT2D eigenvalue weighted by Crippen LogP contribution is -2.46. The molecule has 0 aliphatic carbocycles. The van der Waals surface area contributed by atoms with Crippen LogP contribution in [-0.2, 0) is 23.8 Å². The third-order valence-corrected chi connectivity index (χ3v) is 10.9. The fourth-order valence-electron chi connectivity index (χ4n) is 7.48. The summed E-state index contributed by atoms with van der Waals surface area (Å²) in [5.41, 5.74) is 0.780. The summed E-state index contributed by atoms with van der Waals surface area (Å²) in [7, 11) is 1.46. The Hall–Kier alpha value is -5.11. The maximum absolute atomic E-state index is 14.5. The number of methoxy groups -OCH3 is 1. The Kier molecular flexibility index (Phi) is 13.8. The molecule has 0 fully saturated rings. The Morgan fingerprint density at radius 2 is 1.62 bits per heavy atom. The number of fused-ring (bicyclic) bond motifs is 14. The van der Waals surface area contributed by atoms with Crippen LogP contribution < -0.4 is 15.0 Å². The molecule has 304 valence electrons. The zero-order valence-corrected chi connectivity index (χ0v) is 33.7. The molecule has 5 rings (SSSR count). The number of phenols is 2. The number of ketones is 1. The molecule has 0 spiro atoms. The van der Waals surface area contributed by atoms with Gasteiger partial charge in [0.25, 0.3) is 11.7 Å². The van der Waals surface area contributed by atoms with Gasteiger partial charge < -0.3 is 49.6 Å². The van der Waals surface area contributed by atoms with Crippen LogP contribution >= 0.6 is 0 Å². The third-order valence-electron chi connectivity index (χ3n) is 10.9. The van der Waals surface area contributed by atoms with Gasteiger partial charge >= 0.3 is 11.8 Å². The van der Waals surface area contributed by atoms with Crippen molar-refractivity contribution in [1.29, 1.82) is 0 Å². The summed E-state index contributed by atoms with van der Waals surface area (Å²) < 4.78 is 23.8. The molecule has 3 aliphatic heterocycles. The SMILES string of the molecule is C=CCN(CC=C)c1cc2c(O)c3c(O)c(C)c4c(c13)C(=O)[C@@](C)(O/C=C/[C@H](OC)[C@@H](C)[C@@H](OC(C)=O)[C@H](C)[C@@H](O)[C@H](C)[C@H](O)[C@H](C)/C=C/C=C(/C)C(=O)N2)O4. The number of aliphatic hydroxyl groups excluding tert-OH is 2. The summed E-state index contributed by atoms with van der Waals surface area (Å²) in [5, 5.41) is 49.0. The Labute approximate surface area is 328 Å². The van der Waals surface area contributed by atoms with Crippen molar-refractivity contribution in [1.82, 2.24) is 0 Å². The first-order valence-corrected chi connectivity index (χ1v) is 18.7. The molecule has 2 aromatic carbocycles. The number of nitrogens with one attached hydrogen (secondary N) is 1. The second kappa shape index (κ2) is 17.8. The fraction of sp³-hybridized carbons (Fsp3) is 0.465. The number of hydrogen-bond acceptors (Lipinski definition) is 12. The average molecular weight is 777 g/mol. The van der Waals surface area contributed by atoms with Crippen molar-refractivity contribution >= 4 is 39.8 Å². The van der Waals surface area contributed by atoms with Crippen molar-refractivity contribution in [3.8, 4) is 17.2 Å². The molecule has 5 bridgehead atoms. The number of nitrogens with zero attached hydrogens (tertiary/aromatic N) is 1. The van der Waals surface area contributed by atoms with Crippen LogP contribution in [0.5, 0.6) is 17.2 Å². The van der Waals surface area contributed by atoms with E-state index in [9.17, 15) is 34.8 Å². The molecular weight excluding hydrogens is 720 g/mol. The summed E-state index contributed by atoms with van der Waals surface area (Å²) in [6.45, 7) is 21.1. The molecule has 0 saturated carbocycles. The van der Waals surface area contributed by atoms with Gasteiger partial charge in [-0.15, -0.1) is 13.2 Å². The smallest absolute Gasteiger partial charge is 0.312 e. The number of allylic oxidation sites excluding steroid dienone is 2. The van der Waals surface area contributed by atoms with E-state index >= 15 is 0 Å². The summed E-state index contributed by atoms with van der Waals surface area (Å²) in [6.07, 6.45) is 7.17. The van der Waals surface area contributed by atoms with Gasteiger partial charge in [-0.05, 0) is 26.0 Å². The van der Waals surface area contributed by atoms with E-state index in [2.05, 4.69) is 18.5 Å². The van der Waals surface area contributed by atoms with Crippen LogP contribution in [0.25, 0.3) is 10.8 Å². The van der Waals surface area contributed by atoms with E-state index in [1.54, 1.807) is 69.9 Å². The first-order chi connectivity index (χ1) is 26.3. The van der Waals surface area contributed by atoms with Gasteiger partial charge in [0.1, 0.15) is 17.6 Å². The first-order valence-electron chi connectivity index (χ1n) is 18.7. The Morgan fingerprint density at radius 1 is 0.982 bits per heavy atom. The molecule has 13 heteroatoms. The van der Waals surface area contributed by atoms with Crippen molar-refractivity contribution in [3.05, 3.63) is 78.6 Å². The number of carbonyl (C=O) groups is 3. The minimum atomic E-state index is -1.95. The molecule has 5 N–H and O–H groups in total. The van der Waals surface area contributed by atoms with Crippen molar-refractivity contribution in [3.63, 3.8) is 0 Å². The molecule has 13 nitrogen and oxygen atoms in total. The lowest BCUT2D eigenvalue weighted by atomic mass is 9.78. The zero-order valence-electron chi connectivity index (χ0n) is 33.7. The van der Waals surface area contributed by atoms with Crippen LogP contribution in [0.4, 0.5) is 11.4 Å². The number of Topliss-reactive ketones (excluding diaryl/α,β-unsaturated/α-hetero) is 1. The second-order valence-electron chi connectivity index (χ2n) is 14.9. The summed E-state index contributed by atoms with van der Waals surface area (Å²) in [5.74, 6) is -6.87. The highest BCUT2D eigenvalue weighted by Crippen LogP contribution is 2.54. The third kappa shape index (κ3) is 8.49. The predicted molar refractivity (Wildman–Crippen MR) is 215 cm³/mol. The van der Waals surface area contributed by atoms with Crippen molar-refractivity contribution in [2.24, 2.45) is 23.7 Å². The Morgan fingerprint density at radius 3 is 2.21 bits per heavy atom. The highest BCUT2D eigenvalue weighted by atomic mass is 16.7. The van der Waals surface area contributed by atoms with Gasteiger partial charge in [0.15, 0.2) is 5.75 Å². The van der Waals surface area contributed by atoms with Gasteiger partial charge in [0, 0.05) is 79.9 Å². The van der Waals surface area contributed by atoms with E-state index in [0.717, 1.165) is 0 Å². The number of rotatable bonds is 7. The zero-order chi connectivity index (χ0) is 41.8. The van der Waals surface area contributed by atoms with E-state index < -0.39 is 77.3 Å². The van der Waals surface area contributed by atoms with Crippen LogP contribution in [0, 0.1) is 30.6 Å². The Bertz CT molecular complexity index is 1940. The number of aliphatic hydroxyl groups is 2. The van der Waals surface area contributed by atoms with E-state index in [1.807, 2.05) is 0 Å². The highest BCUT2D eigenvalue weighted by molar-refractivity contribution is 6.23. The lowest BCUT2D eigenvalue weighted by Gasteiger charge is -2.38. The molecule has 3 aliphatic rings. The summed E-state index contributed by atoms with van der Waals surface area (Å²) >= 11 is 0. The fourth-order valence-corrected chi connectivity index (χ4v) is 7.48. The van der Waals surface area contributed by atoms with Crippen molar-refractivity contribution in [2.45, 2.75) is 85.6 Å². The molecule has 0 saturated heterocycles. The number of anilines is 2. The molecule has 2 aromatic rings. The minimum Gasteiger partial charge on any atom is -0.507 e. The first kappa shape index (κ1) is 43.6. The molecular formula is C43H56N2O11. The monoisotopic (exact) mass is 776 g/mol. The molecule has 0 unspecified atom stereocenters. The summed E-state index contributed by atoms with van der Waals surface area (Å²) in [4.78, 5) is 42.2. The number of esters is 1. The number of amides is 1. The van der Waals surface area contributed by atoms with Gasteiger partial charge in [0.05, 0.1) is 41.2 Å². The molecule has 0 radical (unpaired) electrons. The van der Waals surface area contributed by atoms with Gasteiger partial charge in [-0.3, -0.25) is 14.4 Å². The second-order valence-corrected chi connectivity index (χ2v) is 14.9. The molecule has 1 amide bonds. The maximum atomic E-state index is 14.5. The molecule has 56 heavy (non-hydrogen) atoms. The standard InChI is InChI=1S/C43H56N2O11/c1-12-18-45(19-13-2)30-21-29-38(50)33-32(30)34-40(27(8)37(33)49)56-43(10,41(34)51)54-20-17-31(53-11)24(5)39(55-28(9)46)26(7)36(48)25(6)35(47)22(3)15-14-16-23(4)42(52)44-29/h12-17,20-22,24-26,31,35-36,39,47-50H,1-2,18-19H2,3-11H3,(H,44,52)/b15-14+,20-17+,23-16-/t22-,24-,25-,26-,31+,35-,36+,39-,43+/m1/s1. The number of carbonyl (C=O) groups excluding carboxylic acids is 3. The number of phenolic OH excluding ortho intramolecular Hbond substituents is 2. The summed E-state index contributed by atoms with van der Waals surface area (Å²) in [6, 6.07) is 1.51. The molecule has 3 heterocycles. The quantitative estimate of drug-likeness (QED) is 0.122. The predicted octanol–water partition coefficient (Wildman–Crippen LogP) is 6.23. The van der Waals surface area contributed by atoms with Gasteiger partial charge in [-0.2, -0.15) is 0 Å². The number of aromatic hydroxyl groups is 2. The van der Waals surface area contributed by atoms with Gasteiger partial charge in [-0.25, -0.2) is 0 Å². The number of ether oxygens (including phenoxy) is 4. The topological polar surface area (TPSA) is 184 Å². The highest BCUT2D eigenvalue weighted by Gasteiger charge is 2.49. The van der Waals surface area contributed by atoms with Crippen LogP contribution in [0.3, 0.4) is 0 Å². The van der Waals surface area contributed by atoms with Crippen LogP contribution in [0.2, 0.25) is 0 Å².